The van der Waals surface area contributed by atoms with Crippen LogP contribution in [-0.4, -0.2) is 33.3 Å². The van der Waals surface area contributed by atoms with Crippen molar-refractivity contribution in [2.24, 2.45) is 5.92 Å². The number of ether oxygens (including phenoxy) is 1. The summed E-state index contributed by atoms with van der Waals surface area (Å²) in [5.74, 6) is 0.717. The van der Waals surface area contributed by atoms with Gasteiger partial charge in [0.05, 0.1) is 12.0 Å². The first-order valence-corrected chi connectivity index (χ1v) is 7.66. The quantitative estimate of drug-likeness (QED) is 0.794. The largest absolute Gasteiger partial charge is 0.497 e. The van der Waals surface area contributed by atoms with Crippen molar-refractivity contribution in [1.82, 2.24) is 4.72 Å². The Bertz CT molecular complexity index is 482. The van der Waals surface area contributed by atoms with E-state index >= 15 is 0 Å². The first-order chi connectivity index (χ1) is 8.90. The highest BCUT2D eigenvalue weighted by atomic mass is 32.2. The Morgan fingerprint density at radius 2 is 1.84 bits per heavy atom. The molecule has 0 aliphatic rings. The van der Waals surface area contributed by atoms with Gasteiger partial charge >= 0.3 is 0 Å². The number of hydrogen-bond donors (Lipinski definition) is 2. The third-order valence-electron chi connectivity index (χ3n) is 2.92. The van der Waals surface area contributed by atoms with Gasteiger partial charge < -0.3 is 9.84 Å². The van der Waals surface area contributed by atoms with Crippen molar-refractivity contribution >= 4 is 10.0 Å². The Labute approximate surface area is 114 Å². The molecule has 0 spiro atoms. The predicted octanol–water partition coefficient (Wildman–Crippen LogP) is 1.38. The van der Waals surface area contributed by atoms with E-state index in [0.29, 0.717) is 12.2 Å². The lowest BCUT2D eigenvalue weighted by molar-refractivity contribution is 0.256. The van der Waals surface area contributed by atoms with E-state index in [1.807, 2.05) is 13.8 Å². The lowest BCUT2D eigenvalue weighted by Crippen LogP contribution is -2.39. The number of methoxy groups -OCH3 is 1. The third kappa shape index (κ3) is 4.49. The van der Waals surface area contributed by atoms with Crippen LogP contribution in [0.5, 0.6) is 5.75 Å². The SMILES string of the molecule is COc1ccc(S(=O)(=O)NC(CCO)C(C)C)cc1. The Kier molecular flexibility index (Phi) is 5.78. The van der Waals surface area contributed by atoms with E-state index < -0.39 is 10.0 Å². The molecule has 108 valence electrons. The van der Waals surface area contributed by atoms with E-state index in [-0.39, 0.29) is 23.5 Å². The smallest absolute Gasteiger partial charge is 0.240 e. The third-order valence-corrected chi connectivity index (χ3v) is 4.43. The van der Waals surface area contributed by atoms with Gasteiger partial charge in [-0.15, -0.1) is 0 Å². The van der Waals surface area contributed by atoms with Crippen molar-refractivity contribution < 1.29 is 18.3 Å². The van der Waals surface area contributed by atoms with Crippen molar-refractivity contribution in [3.8, 4) is 5.75 Å². The van der Waals surface area contributed by atoms with Crippen LogP contribution < -0.4 is 9.46 Å². The van der Waals surface area contributed by atoms with Crippen LogP contribution in [0.1, 0.15) is 20.3 Å². The van der Waals surface area contributed by atoms with E-state index in [4.69, 9.17) is 9.84 Å². The molecule has 1 unspecified atom stereocenters. The van der Waals surface area contributed by atoms with Crippen LogP contribution in [0.25, 0.3) is 0 Å². The Morgan fingerprint density at radius 3 is 2.26 bits per heavy atom. The van der Waals surface area contributed by atoms with Crippen LogP contribution in [0.2, 0.25) is 0 Å². The first-order valence-electron chi connectivity index (χ1n) is 6.18. The molecule has 2 N–H and O–H groups in total. The van der Waals surface area contributed by atoms with Crippen LogP contribution in [-0.2, 0) is 10.0 Å². The highest BCUT2D eigenvalue weighted by Gasteiger charge is 2.22. The van der Waals surface area contributed by atoms with Gasteiger partial charge in [-0.25, -0.2) is 13.1 Å². The zero-order valence-electron chi connectivity index (χ0n) is 11.5. The van der Waals surface area contributed by atoms with E-state index in [0.717, 1.165) is 0 Å². The summed E-state index contributed by atoms with van der Waals surface area (Å²) in [5, 5.41) is 8.97. The zero-order valence-corrected chi connectivity index (χ0v) is 12.3. The topological polar surface area (TPSA) is 75.6 Å². The fraction of sp³-hybridized carbons (Fsp3) is 0.538. The maximum atomic E-state index is 12.2. The molecule has 19 heavy (non-hydrogen) atoms. The normalized spacial score (nSPS) is 13.5. The Hall–Kier alpha value is -1.11. The molecule has 0 saturated heterocycles. The lowest BCUT2D eigenvalue weighted by atomic mass is 10.0. The molecule has 0 amide bonds. The minimum atomic E-state index is -3.57. The van der Waals surface area contributed by atoms with Gasteiger partial charge in [0.2, 0.25) is 10.0 Å². The van der Waals surface area contributed by atoms with Crippen molar-refractivity contribution in [2.75, 3.05) is 13.7 Å². The number of sulfonamides is 1. The predicted molar refractivity (Wildman–Crippen MR) is 73.6 cm³/mol. The van der Waals surface area contributed by atoms with Gasteiger partial charge in [-0.1, -0.05) is 13.8 Å². The van der Waals surface area contributed by atoms with E-state index in [2.05, 4.69) is 4.72 Å². The summed E-state index contributed by atoms with van der Waals surface area (Å²) in [6.45, 7) is 3.78. The number of aliphatic hydroxyl groups is 1. The average Bonchev–Trinajstić information content (AvgIpc) is 2.38. The van der Waals surface area contributed by atoms with Crippen molar-refractivity contribution in [3.05, 3.63) is 24.3 Å². The average molecular weight is 287 g/mol. The van der Waals surface area contributed by atoms with Gasteiger partial charge in [0, 0.05) is 12.6 Å². The van der Waals surface area contributed by atoms with Gasteiger partial charge in [-0.05, 0) is 36.6 Å². The molecular weight excluding hydrogens is 266 g/mol. The molecule has 0 aromatic heterocycles. The highest BCUT2D eigenvalue weighted by Crippen LogP contribution is 2.17. The second-order valence-electron chi connectivity index (χ2n) is 4.66. The van der Waals surface area contributed by atoms with Gasteiger partial charge in [0.25, 0.3) is 0 Å². The lowest BCUT2D eigenvalue weighted by Gasteiger charge is -2.21. The molecule has 0 bridgehead atoms. The molecule has 1 aromatic rings. The maximum Gasteiger partial charge on any atom is 0.240 e. The molecule has 0 saturated carbocycles. The molecular formula is C13H21NO4S. The molecule has 0 radical (unpaired) electrons. The van der Waals surface area contributed by atoms with Crippen LogP contribution >= 0.6 is 0 Å². The summed E-state index contributed by atoms with van der Waals surface area (Å²) in [6.07, 6.45) is 0.396. The maximum absolute atomic E-state index is 12.2. The monoisotopic (exact) mass is 287 g/mol. The Morgan fingerprint density at radius 1 is 1.26 bits per heavy atom. The summed E-state index contributed by atoms with van der Waals surface area (Å²) in [5.41, 5.74) is 0. The highest BCUT2D eigenvalue weighted by molar-refractivity contribution is 7.89. The molecule has 6 heteroatoms. The molecule has 0 aliphatic carbocycles. The first kappa shape index (κ1) is 15.9. The minimum absolute atomic E-state index is 0.0476. The van der Waals surface area contributed by atoms with E-state index in [9.17, 15) is 8.42 Å². The molecule has 1 atom stereocenters. The van der Waals surface area contributed by atoms with Crippen molar-refractivity contribution in [1.29, 1.82) is 0 Å². The summed E-state index contributed by atoms with van der Waals surface area (Å²) in [4.78, 5) is 0.192. The molecule has 0 aliphatic heterocycles. The van der Waals surface area contributed by atoms with Gasteiger partial charge in [0.1, 0.15) is 5.75 Å². The molecule has 5 nitrogen and oxygen atoms in total. The van der Waals surface area contributed by atoms with Crippen LogP contribution in [0, 0.1) is 5.92 Å². The van der Waals surface area contributed by atoms with Gasteiger partial charge in [0.15, 0.2) is 0 Å². The van der Waals surface area contributed by atoms with Crippen molar-refractivity contribution in [2.45, 2.75) is 31.2 Å². The molecule has 1 rings (SSSR count). The number of benzene rings is 1. The standard InChI is InChI=1S/C13H21NO4S/c1-10(2)13(8-9-15)14-19(16,17)12-6-4-11(18-3)5-7-12/h4-7,10,13-15H,8-9H2,1-3H3. The van der Waals surface area contributed by atoms with Crippen LogP contribution in [0.3, 0.4) is 0 Å². The fourth-order valence-corrected chi connectivity index (χ4v) is 3.11. The second-order valence-corrected chi connectivity index (χ2v) is 6.37. The molecule has 0 heterocycles. The summed E-state index contributed by atoms with van der Waals surface area (Å²) < 4.78 is 32.0. The molecule has 0 fully saturated rings. The van der Waals surface area contributed by atoms with Crippen LogP contribution in [0.15, 0.2) is 29.2 Å². The fourth-order valence-electron chi connectivity index (χ4n) is 1.69. The number of nitrogens with one attached hydrogen (secondary N) is 1. The number of hydrogen-bond acceptors (Lipinski definition) is 4. The second kappa shape index (κ2) is 6.88. The summed E-state index contributed by atoms with van der Waals surface area (Å²) in [7, 11) is -2.04. The van der Waals surface area contributed by atoms with Gasteiger partial charge in [-0.2, -0.15) is 0 Å². The van der Waals surface area contributed by atoms with E-state index in [1.165, 1.54) is 19.2 Å². The Balaban J connectivity index is 2.89. The van der Waals surface area contributed by atoms with Crippen molar-refractivity contribution in [3.63, 3.8) is 0 Å². The van der Waals surface area contributed by atoms with E-state index in [1.54, 1.807) is 12.1 Å². The summed E-state index contributed by atoms with van der Waals surface area (Å²) in [6, 6.07) is 5.92. The number of aliphatic hydroxyl groups excluding tert-OH is 1. The summed E-state index contributed by atoms with van der Waals surface area (Å²) >= 11 is 0. The van der Waals surface area contributed by atoms with Gasteiger partial charge in [-0.3, -0.25) is 0 Å². The zero-order chi connectivity index (χ0) is 14.5. The van der Waals surface area contributed by atoms with Crippen LogP contribution in [0.4, 0.5) is 0 Å². The minimum Gasteiger partial charge on any atom is -0.497 e. The molecule has 1 aromatic carbocycles. The number of rotatable bonds is 7.